The maximum absolute atomic E-state index is 14.5. The zero-order valence-corrected chi connectivity index (χ0v) is 21.2. The van der Waals surface area contributed by atoms with Gasteiger partial charge in [-0.15, -0.1) is 10.2 Å². The fourth-order valence-electron chi connectivity index (χ4n) is 3.89. The molecular weight excluding hydrogens is 467 g/mol. The number of aromatic nitrogens is 2. The van der Waals surface area contributed by atoms with E-state index in [0.29, 0.717) is 48.5 Å². The minimum Gasteiger partial charge on any atom is -0.411 e. The molecule has 1 fully saturated rings. The number of hydrogen-bond donors (Lipinski definition) is 0. The van der Waals surface area contributed by atoms with Crippen LogP contribution in [0.1, 0.15) is 43.6 Å². The van der Waals surface area contributed by atoms with Gasteiger partial charge in [-0.2, -0.15) is 0 Å². The highest BCUT2D eigenvalue weighted by atomic mass is 32.2. The normalized spacial score (nSPS) is 14.3. The van der Waals surface area contributed by atoms with Crippen molar-refractivity contribution in [3.8, 4) is 11.5 Å². The molecule has 7 nitrogen and oxygen atoms in total. The van der Waals surface area contributed by atoms with Gasteiger partial charge in [0.1, 0.15) is 5.82 Å². The van der Waals surface area contributed by atoms with Crippen molar-refractivity contribution in [3.05, 3.63) is 59.4 Å². The van der Waals surface area contributed by atoms with Crippen molar-refractivity contribution in [3.63, 3.8) is 0 Å². The van der Waals surface area contributed by atoms with Crippen LogP contribution < -0.4 is 4.90 Å². The largest absolute Gasteiger partial charge is 0.411 e. The van der Waals surface area contributed by atoms with E-state index in [2.05, 4.69) is 43.1 Å². The van der Waals surface area contributed by atoms with Gasteiger partial charge in [-0.1, -0.05) is 44.7 Å². The Labute approximate surface area is 208 Å². The molecule has 2 heterocycles. The second kappa shape index (κ2) is 10.2. The molecule has 0 bridgehead atoms. The lowest BCUT2D eigenvalue weighted by atomic mass is 9.87. The van der Waals surface area contributed by atoms with Crippen LogP contribution in [0.4, 0.5) is 10.1 Å². The van der Waals surface area contributed by atoms with Crippen LogP contribution >= 0.6 is 11.8 Å². The molecule has 1 aliphatic rings. The molecule has 4 rings (SSSR count). The van der Waals surface area contributed by atoms with Gasteiger partial charge in [0.05, 0.1) is 11.4 Å². The molecule has 0 spiro atoms. The highest BCUT2D eigenvalue weighted by Crippen LogP contribution is 2.28. The summed E-state index contributed by atoms with van der Waals surface area (Å²) >= 11 is 1.21. The molecule has 0 atom stereocenters. The van der Waals surface area contributed by atoms with E-state index in [1.54, 1.807) is 17.0 Å². The van der Waals surface area contributed by atoms with Gasteiger partial charge in [0.25, 0.3) is 5.22 Å². The number of rotatable bonds is 6. The highest BCUT2D eigenvalue weighted by molar-refractivity contribution is 7.99. The van der Waals surface area contributed by atoms with Crippen molar-refractivity contribution in [1.82, 2.24) is 15.1 Å². The number of piperazine rings is 1. The number of amides is 1. The summed E-state index contributed by atoms with van der Waals surface area (Å²) in [7, 11) is 0. The Bertz CT molecular complexity index is 1210. The first-order valence-corrected chi connectivity index (χ1v) is 12.5. The number of nitrogens with zero attached hydrogens (tertiary/aromatic N) is 4. The molecule has 3 aromatic rings. The average molecular weight is 497 g/mol. The molecule has 0 unspecified atom stereocenters. The Hall–Kier alpha value is -3.20. The summed E-state index contributed by atoms with van der Waals surface area (Å²) in [6, 6.07) is 12.6. The molecule has 1 aliphatic heterocycles. The number of anilines is 1. The van der Waals surface area contributed by atoms with E-state index in [9.17, 15) is 14.0 Å². The van der Waals surface area contributed by atoms with Crippen molar-refractivity contribution < 1.29 is 18.4 Å². The molecule has 0 saturated carbocycles. The molecule has 35 heavy (non-hydrogen) atoms. The van der Waals surface area contributed by atoms with Crippen LogP contribution in [0.25, 0.3) is 11.5 Å². The molecule has 1 aromatic heterocycles. The first kappa shape index (κ1) is 24.9. The van der Waals surface area contributed by atoms with Crippen LogP contribution in [0.3, 0.4) is 0 Å². The summed E-state index contributed by atoms with van der Waals surface area (Å²) in [5.41, 5.74) is 2.92. The Morgan fingerprint density at radius 3 is 2.31 bits per heavy atom. The lowest BCUT2D eigenvalue weighted by Gasteiger charge is -2.36. The maximum atomic E-state index is 14.5. The predicted molar refractivity (Wildman–Crippen MR) is 134 cm³/mol. The van der Waals surface area contributed by atoms with Crippen molar-refractivity contribution in [2.75, 3.05) is 36.8 Å². The third kappa shape index (κ3) is 5.90. The Kier molecular flexibility index (Phi) is 7.25. The predicted octanol–water partition coefficient (Wildman–Crippen LogP) is 4.82. The summed E-state index contributed by atoms with van der Waals surface area (Å²) in [5, 5.41) is 8.52. The smallest absolute Gasteiger partial charge is 0.277 e. The molecule has 0 aliphatic carbocycles. The molecule has 1 amide bonds. The van der Waals surface area contributed by atoms with Gasteiger partial charge in [0.2, 0.25) is 11.8 Å². The zero-order valence-electron chi connectivity index (χ0n) is 20.4. The van der Waals surface area contributed by atoms with E-state index in [4.69, 9.17) is 4.42 Å². The first-order chi connectivity index (χ1) is 16.6. The fourth-order valence-corrected chi connectivity index (χ4v) is 4.56. The van der Waals surface area contributed by atoms with Crippen LogP contribution in [0.2, 0.25) is 0 Å². The molecule has 2 aromatic carbocycles. The van der Waals surface area contributed by atoms with Gasteiger partial charge >= 0.3 is 0 Å². The van der Waals surface area contributed by atoms with E-state index in [1.165, 1.54) is 30.3 Å². The maximum Gasteiger partial charge on any atom is 0.277 e. The average Bonchev–Trinajstić information content (AvgIpc) is 3.31. The minimum absolute atomic E-state index is 0.0312. The second-order valence-corrected chi connectivity index (χ2v) is 10.5. The van der Waals surface area contributed by atoms with Crippen LogP contribution in [0, 0.1) is 5.82 Å². The number of ketones is 1. The molecule has 0 N–H and O–H groups in total. The van der Waals surface area contributed by atoms with Crippen LogP contribution in [-0.2, 0) is 10.2 Å². The van der Waals surface area contributed by atoms with Crippen molar-refractivity contribution in [2.24, 2.45) is 0 Å². The van der Waals surface area contributed by atoms with Gasteiger partial charge in [-0.05, 0) is 48.2 Å². The first-order valence-electron chi connectivity index (χ1n) is 11.5. The van der Waals surface area contributed by atoms with Gasteiger partial charge in [-0.3, -0.25) is 9.59 Å². The molecular formula is C26H29FN4O3S. The van der Waals surface area contributed by atoms with Crippen molar-refractivity contribution >= 4 is 29.1 Å². The van der Waals surface area contributed by atoms with E-state index in [-0.39, 0.29) is 22.9 Å². The van der Waals surface area contributed by atoms with Crippen LogP contribution in [0.5, 0.6) is 0 Å². The monoisotopic (exact) mass is 496 g/mol. The van der Waals surface area contributed by atoms with E-state index in [0.717, 1.165) is 5.56 Å². The number of Topliss-reactive ketones (excluding diaryl/α,β-unsaturated/α-hetero) is 1. The Balaban J connectivity index is 1.29. The number of halogens is 1. The zero-order chi connectivity index (χ0) is 25.2. The van der Waals surface area contributed by atoms with E-state index < -0.39 is 5.82 Å². The topological polar surface area (TPSA) is 79.5 Å². The molecule has 1 saturated heterocycles. The Morgan fingerprint density at radius 2 is 1.71 bits per heavy atom. The molecule has 0 radical (unpaired) electrons. The third-order valence-electron chi connectivity index (χ3n) is 6.05. The lowest BCUT2D eigenvalue weighted by molar-refractivity contribution is -0.128. The second-order valence-electron chi connectivity index (χ2n) is 9.58. The summed E-state index contributed by atoms with van der Waals surface area (Å²) < 4.78 is 20.2. The minimum atomic E-state index is -0.423. The van der Waals surface area contributed by atoms with Gasteiger partial charge in [0, 0.05) is 37.3 Å². The number of hydrogen-bond acceptors (Lipinski definition) is 7. The summed E-state index contributed by atoms with van der Waals surface area (Å²) in [6.45, 7) is 9.90. The SMILES string of the molecule is CC(=O)c1ccc(N2CCN(C(=O)CSc3nnc(-c4ccc(C(C)(C)C)cc4)o3)CC2)c(F)c1. The Morgan fingerprint density at radius 1 is 1.03 bits per heavy atom. The summed E-state index contributed by atoms with van der Waals surface area (Å²) in [4.78, 5) is 27.8. The quantitative estimate of drug-likeness (QED) is 0.358. The fraction of sp³-hybridized carbons (Fsp3) is 0.385. The standard InChI is InChI=1S/C26H29FN4O3S/c1-17(32)19-7-10-22(21(27)15-19)30-11-13-31(14-12-30)23(33)16-35-25-29-28-24(34-25)18-5-8-20(9-6-18)26(2,3)4/h5-10,15H,11-14,16H2,1-4H3. The van der Waals surface area contributed by atoms with Gasteiger partial charge < -0.3 is 14.2 Å². The number of carbonyl (C=O) groups excluding carboxylic acids is 2. The number of carbonyl (C=O) groups is 2. The van der Waals surface area contributed by atoms with Crippen molar-refractivity contribution in [1.29, 1.82) is 0 Å². The van der Waals surface area contributed by atoms with E-state index >= 15 is 0 Å². The van der Waals surface area contributed by atoms with Crippen LogP contribution in [0.15, 0.2) is 52.1 Å². The molecule has 184 valence electrons. The summed E-state index contributed by atoms with van der Waals surface area (Å²) in [6.07, 6.45) is 0. The van der Waals surface area contributed by atoms with E-state index in [1.807, 2.05) is 17.0 Å². The molecule has 9 heteroatoms. The third-order valence-corrected chi connectivity index (χ3v) is 6.85. The number of thioether (sulfide) groups is 1. The summed E-state index contributed by atoms with van der Waals surface area (Å²) in [5.74, 6) is -0.0154. The lowest BCUT2D eigenvalue weighted by Crippen LogP contribution is -2.49. The van der Waals surface area contributed by atoms with Crippen molar-refractivity contribution in [2.45, 2.75) is 38.3 Å². The van der Waals surface area contributed by atoms with Gasteiger partial charge in [0.15, 0.2) is 5.78 Å². The van der Waals surface area contributed by atoms with Crippen LogP contribution in [-0.4, -0.2) is 58.7 Å². The number of benzene rings is 2. The highest BCUT2D eigenvalue weighted by Gasteiger charge is 2.24. The van der Waals surface area contributed by atoms with Gasteiger partial charge in [-0.25, -0.2) is 4.39 Å².